The highest BCUT2D eigenvalue weighted by atomic mass is 16.2. The van der Waals surface area contributed by atoms with Crippen LogP contribution in [0.2, 0.25) is 0 Å². The largest absolute Gasteiger partial charge is 0.370 e. The van der Waals surface area contributed by atoms with Crippen molar-refractivity contribution in [1.29, 1.82) is 0 Å². The van der Waals surface area contributed by atoms with Crippen molar-refractivity contribution in [1.82, 2.24) is 9.97 Å². The fourth-order valence-corrected chi connectivity index (χ4v) is 3.04. The Morgan fingerprint density at radius 1 is 1.42 bits per heavy atom. The van der Waals surface area contributed by atoms with Crippen molar-refractivity contribution in [2.75, 3.05) is 23.3 Å². The second-order valence-electron chi connectivity index (χ2n) is 6.18. The van der Waals surface area contributed by atoms with Crippen molar-refractivity contribution in [2.45, 2.75) is 19.8 Å². The summed E-state index contributed by atoms with van der Waals surface area (Å²) in [5.74, 6) is -0.0735. The van der Waals surface area contributed by atoms with Gasteiger partial charge in [0.1, 0.15) is 0 Å². The second kappa shape index (κ2) is 6.74. The molecule has 1 fully saturated rings. The lowest BCUT2D eigenvalue weighted by Gasteiger charge is -2.34. The summed E-state index contributed by atoms with van der Waals surface area (Å²) in [5.41, 5.74) is 7.20. The van der Waals surface area contributed by atoms with Gasteiger partial charge in [-0.05, 0) is 37.0 Å². The maximum Gasteiger partial charge on any atom is 0.291 e. The summed E-state index contributed by atoms with van der Waals surface area (Å²) < 4.78 is 0. The van der Waals surface area contributed by atoms with E-state index in [0.717, 1.165) is 25.2 Å². The molecule has 24 heavy (non-hydrogen) atoms. The zero-order valence-electron chi connectivity index (χ0n) is 13.6. The van der Waals surface area contributed by atoms with Crippen LogP contribution in [-0.4, -0.2) is 34.9 Å². The first-order valence-corrected chi connectivity index (χ1v) is 8.04. The van der Waals surface area contributed by atoms with Crippen molar-refractivity contribution in [3.05, 3.63) is 42.0 Å². The summed E-state index contributed by atoms with van der Waals surface area (Å²) in [6.45, 7) is 4.05. The van der Waals surface area contributed by atoms with E-state index < -0.39 is 5.91 Å². The van der Waals surface area contributed by atoms with Crippen molar-refractivity contribution < 1.29 is 9.59 Å². The van der Waals surface area contributed by atoms with Crippen LogP contribution in [0.1, 0.15) is 40.7 Å². The molecule has 7 heteroatoms. The van der Waals surface area contributed by atoms with Gasteiger partial charge < -0.3 is 20.9 Å². The molecule has 1 aromatic carbocycles. The van der Waals surface area contributed by atoms with Crippen LogP contribution >= 0.6 is 0 Å². The average molecular weight is 327 g/mol. The molecule has 2 amide bonds. The predicted molar refractivity (Wildman–Crippen MR) is 92.1 cm³/mol. The summed E-state index contributed by atoms with van der Waals surface area (Å²) in [7, 11) is 0. The van der Waals surface area contributed by atoms with Gasteiger partial charge in [-0.2, -0.15) is 0 Å². The first kappa shape index (κ1) is 16.0. The molecular weight excluding hydrogens is 306 g/mol. The molecule has 0 unspecified atom stereocenters. The summed E-state index contributed by atoms with van der Waals surface area (Å²) in [5, 5.41) is 2.84. The molecule has 1 atom stereocenters. The van der Waals surface area contributed by atoms with Crippen LogP contribution in [0.5, 0.6) is 0 Å². The fourth-order valence-electron chi connectivity index (χ4n) is 3.04. The highest BCUT2D eigenvalue weighted by Crippen LogP contribution is 2.31. The van der Waals surface area contributed by atoms with Crippen LogP contribution in [0.25, 0.3) is 0 Å². The number of piperidine rings is 1. The van der Waals surface area contributed by atoms with Crippen LogP contribution in [-0.2, 0) is 0 Å². The number of nitrogens with two attached hydrogens (primary N) is 1. The standard InChI is InChI=1S/C17H21N5O2/c1-11-3-2-8-22(10-11)14-5-4-12(15(18)23)9-13(14)21-17(24)16-19-6-7-20-16/h4-7,9,11H,2-3,8,10H2,1H3,(H2,18,23)(H,19,20)(H,21,24)/t11-/m0/s1. The summed E-state index contributed by atoms with van der Waals surface area (Å²) in [6.07, 6.45) is 5.40. The first-order chi connectivity index (χ1) is 11.5. The minimum Gasteiger partial charge on any atom is -0.370 e. The molecule has 4 N–H and O–H groups in total. The molecule has 0 bridgehead atoms. The molecule has 1 aromatic heterocycles. The van der Waals surface area contributed by atoms with Crippen LogP contribution in [0.15, 0.2) is 30.6 Å². The van der Waals surface area contributed by atoms with Gasteiger partial charge in [-0.15, -0.1) is 0 Å². The van der Waals surface area contributed by atoms with E-state index in [1.807, 2.05) is 6.07 Å². The van der Waals surface area contributed by atoms with Crippen molar-refractivity contribution in [3.8, 4) is 0 Å². The van der Waals surface area contributed by atoms with E-state index in [1.54, 1.807) is 18.3 Å². The van der Waals surface area contributed by atoms with E-state index in [0.29, 0.717) is 17.2 Å². The lowest BCUT2D eigenvalue weighted by Crippen LogP contribution is -2.35. The van der Waals surface area contributed by atoms with Crippen molar-refractivity contribution >= 4 is 23.2 Å². The third-order valence-corrected chi connectivity index (χ3v) is 4.24. The van der Waals surface area contributed by atoms with E-state index in [9.17, 15) is 9.59 Å². The monoisotopic (exact) mass is 327 g/mol. The van der Waals surface area contributed by atoms with Crippen LogP contribution in [0.4, 0.5) is 11.4 Å². The number of aromatic amines is 1. The van der Waals surface area contributed by atoms with Gasteiger partial charge in [0.15, 0.2) is 5.82 Å². The van der Waals surface area contributed by atoms with Gasteiger partial charge in [0, 0.05) is 31.0 Å². The topological polar surface area (TPSA) is 104 Å². The number of carbonyl (C=O) groups excluding carboxylic acids is 2. The van der Waals surface area contributed by atoms with Crippen LogP contribution in [0.3, 0.4) is 0 Å². The number of nitrogens with one attached hydrogen (secondary N) is 2. The number of anilines is 2. The first-order valence-electron chi connectivity index (χ1n) is 8.04. The normalized spacial score (nSPS) is 17.5. The Morgan fingerprint density at radius 2 is 2.25 bits per heavy atom. The highest BCUT2D eigenvalue weighted by Gasteiger charge is 2.21. The lowest BCUT2D eigenvalue weighted by molar-refractivity contribution is 0.0994. The maximum atomic E-state index is 12.3. The Morgan fingerprint density at radius 3 is 2.92 bits per heavy atom. The Labute approximate surface area is 140 Å². The Kier molecular flexibility index (Phi) is 4.50. The quantitative estimate of drug-likeness (QED) is 0.799. The molecule has 1 aliphatic heterocycles. The molecule has 0 saturated carbocycles. The number of imidazole rings is 1. The third kappa shape index (κ3) is 3.40. The number of nitrogens with zero attached hydrogens (tertiary/aromatic N) is 2. The molecule has 7 nitrogen and oxygen atoms in total. The van der Waals surface area contributed by atoms with Gasteiger partial charge in [-0.25, -0.2) is 4.98 Å². The van der Waals surface area contributed by atoms with Gasteiger partial charge in [0.2, 0.25) is 5.91 Å². The zero-order valence-corrected chi connectivity index (χ0v) is 13.6. The smallest absolute Gasteiger partial charge is 0.291 e. The van der Waals surface area contributed by atoms with Crippen LogP contribution in [0, 0.1) is 5.92 Å². The predicted octanol–water partition coefficient (Wildman–Crippen LogP) is 2.00. The number of rotatable bonds is 4. The van der Waals surface area contributed by atoms with Crippen molar-refractivity contribution in [3.63, 3.8) is 0 Å². The molecule has 2 aromatic rings. The van der Waals surface area contributed by atoms with E-state index >= 15 is 0 Å². The number of benzene rings is 1. The SMILES string of the molecule is C[C@H]1CCCN(c2ccc(C(N)=O)cc2NC(=O)c2ncc[nH]2)C1. The molecule has 1 aliphatic rings. The number of amides is 2. The Balaban J connectivity index is 1.92. The molecule has 2 heterocycles. The zero-order chi connectivity index (χ0) is 17.1. The third-order valence-electron chi connectivity index (χ3n) is 4.24. The number of H-pyrrole nitrogens is 1. The number of carbonyl (C=O) groups is 2. The molecular formula is C17H21N5O2. The molecule has 0 aliphatic carbocycles. The fraction of sp³-hybridized carbons (Fsp3) is 0.353. The molecule has 126 valence electrons. The Hall–Kier alpha value is -2.83. The van der Waals surface area contributed by atoms with Gasteiger partial charge in [-0.1, -0.05) is 6.92 Å². The number of hydrogen-bond donors (Lipinski definition) is 3. The molecule has 0 spiro atoms. The molecule has 3 rings (SSSR count). The maximum absolute atomic E-state index is 12.3. The molecule has 1 saturated heterocycles. The summed E-state index contributed by atoms with van der Waals surface area (Å²) >= 11 is 0. The van der Waals surface area contributed by atoms with Crippen molar-refractivity contribution in [2.24, 2.45) is 11.7 Å². The second-order valence-corrected chi connectivity index (χ2v) is 6.18. The van der Waals surface area contributed by atoms with E-state index in [1.165, 1.54) is 12.6 Å². The lowest BCUT2D eigenvalue weighted by atomic mass is 9.99. The van der Waals surface area contributed by atoms with E-state index in [2.05, 4.69) is 27.1 Å². The number of primary amides is 1. The van der Waals surface area contributed by atoms with Gasteiger partial charge in [0.25, 0.3) is 5.91 Å². The molecule has 0 radical (unpaired) electrons. The summed E-state index contributed by atoms with van der Waals surface area (Å²) in [6, 6.07) is 5.16. The summed E-state index contributed by atoms with van der Waals surface area (Å²) in [4.78, 5) is 32.8. The van der Waals surface area contributed by atoms with Gasteiger partial charge >= 0.3 is 0 Å². The van der Waals surface area contributed by atoms with Gasteiger partial charge in [-0.3, -0.25) is 9.59 Å². The van der Waals surface area contributed by atoms with Gasteiger partial charge in [0.05, 0.1) is 11.4 Å². The minimum atomic E-state index is -0.526. The minimum absolute atomic E-state index is 0.220. The van der Waals surface area contributed by atoms with E-state index in [4.69, 9.17) is 5.73 Å². The average Bonchev–Trinajstić information content (AvgIpc) is 3.09. The van der Waals surface area contributed by atoms with E-state index in [-0.39, 0.29) is 11.7 Å². The van der Waals surface area contributed by atoms with Crippen LogP contribution < -0.4 is 16.0 Å². The number of aromatic nitrogens is 2. The number of hydrogen-bond acceptors (Lipinski definition) is 4. The Bertz CT molecular complexity index is 741. The highest BCUT2D eigenvalue weighted by molar-refractivity contribution is 6.05.